The van der Waals surface area contributed by atoms with Crippen molar-refractivity contribution in [2.75, 3.05) is 31.2 Å². The first-order valence-electron chi connectivity index (χ1n) is 6.25. The van der Waals surface area contributed by atoms with E-state index in [1.165, 1.54) is 0 Å². The third-order valence-corrected chi connectivity index (χ3v) is 2.63. The van der Waals surface area contributed by atoms with Crippen molar-refractivity contribution >= 4 is 11.7 Å². The Bertz CT molecular complexity index is 379. The molecule has 0 heterocycles. The number of esters is 1. The fourth-order valence-electron chi connectivity index (χ4n) is 1.77. The highest BCUT2D eigenvalue weighted by Crippen LogP contribution is 2.15. The second-order valence-corrected chi connectivity index (χ2v) is 4.10. The molecule has 0 saturated heterocycles. The zero-order chi connectivity index (χ0) is 13.4. The lowest BCUT2D eigenvalue weighted by Gasteiger charge is -2.23. The van der Waals surface area contributed by atoms with Crippen LogP contribution in [0.1, 0.15) is 18.9 Å². The minimum Gasteiger partial charge on any atom is -0.466 e. The summed E-state index contributed by atoms with van der Waals surface area (Å²) < 4.78 is 4.90. The molecule has 0 atom stereocenters. The van der Waals surface area contributed by atoms with Crippen LogP contribution in [0.3, 0.4) is 0 Å². The van der Waals surface area contributed by atoms with E-state index in [4.69, 9.17) is 9.84 Å². The quantitative estimate of drug-likeness (QED) is 0.750. The second kappa shape index (κ2) is 7.71. The number of anilines is 1. The van der Waals surface area contributed by atoms with Gasteiger partial charge in [0.2, 0.25) is 0 Å². The molecule has 18 heavy (non-hydrogen) atoms. The molecule has 1 aromatic rings. The predicted octanol–water partition coefficient (Wildman–Crippen LogP) is 1.75. The van der Waals surface area contributed by atoms with E-state index >= 15 is 0 Å². The fraction of sp³-hybridized carbons (Fsp3) is 0.500. The standard InChI is InChI=1S/C14H21NO3/c1-3-18-14(17)7-8-15(9-10-16)13-6-4-5-12(2)11-13/h4-6,11,16H,3,7-10H2,1-2H3. The van der Waals surface area contributed by atoms with Gasteiger partial charge in [-0.05, 0) is 31.5 Å². The van der Waals surface area contributed by atoms with Gasteiger partial charge in [-0.25, -0.2) is 0 Å². The van der Waals surface area contributed by atoms with Gasteiger partial charge in [-0.1, -0.05) is 12.1 Å². The smallest absolute Gasteiger partial charge is 0.307 e. The first-order valence-corrected chi connectivity index (χ1v) is 6.25. The van der Waals surface area contributed by atoms with Gasteiger partial charge >= 0.3 is 5.97 Å². The molecule has 1 N–H and O–H groups in total. The molecule has 0 fully saturated rings. The van der Waals surface area contributed by atoms with E-state index in [-0.39, 0.29) is 12.6 Å². The van der Waals surface area contributed by atoms with Gasteiger partial charge in [0.1, 0.15) is 0 Å². The molecule has 1 aromatic carbocycles. The lowest BCUT2D eigenvalue weighted by atomic mass is 10.2. The Kier molecular flexibility index (Phi) is 6.22. The molecule has 0 amide bonds. The predicted molar refractivity (Wildman–Crippen MR) is 71.7 cm³/mol. The van der Waals surface area contributed by atoms with Crippen molar-refractivity contribution < 1.29 is 14.6 Å². The molecule has 0 aliphatic rings. The van der Waals surface area contributed by atoms with Gasteiger partial charge < -0.3 is 14.7 Å². The van der Waals surface area contributed by atoms with Gasteiger partial charge in [0.05, 0.1) is 19.6 Å². The van der Waals surface area contributed by atoms with E-state index < -0.39 is 0 Å². The van der Waals surface area contributed by atoms with Crippen LogP contribution in [0.4, 0.5) is 5.69 Å². The summed E-state index contributed by atoms with van der Waals surface area (Å²) >= 11 is 0. The third-order valence-electron chi connectivity index (χ3n) is 2.63. The number of hydrogen-bond acceptors (Lipinski definition) is 4. The highest BCUT2D eigenvalue weighted by molar-refractivity contribution is 5.70. The zero-order valence-electron chi connectivity index (χ0n) is 11.1. The maximum atomic E-state index is 11.3. The van der Waals surface area contributed by atoms with Crippen LogP contribution in [0.2, 0.25) is 0 Å². The summed E-state index contributed by atoms with van der Waals surface area (Å²) in [6, 6.07) is 8.01. The van der Waals surface area contributed by atoms with Gasteiger partial charge in [-0.15, -0.1) is 0 Å². The average Bonchev–Trinajstić information content (AvgIpc) is 2.35. The van der Waals surface area contributed by atoms with Crippen LogP contribution in [0.5, 0.6) is 0 Å². The summed E-state index contributed by atoms with van der Waals surface area (Å²) in [5, 5.41) is 9.08. The van der Waals surface area contributed by atoms with Crippen molar-refractivity contribution in [1.29, 1.82) is 0 Å². The van der Waals surface area contributed by atoms with E-state index in [2.05, 4.69) is 0 Å². The van der Waals surface area contributed by atoms with Gasteiger partial charge in [0.15, 0.2) is 0 Å². The van der Waals surface area contributed by atoms with Gasteiger partial charge in [-0.3, -0.25) is 4.79 Å². The molecule has 0 bridgehead atoms. The topological polar surface area (TPSA) is 49.8 Å². The third kappa shape index (κ3) is 4.75. The molecule has 0 radical (unpaired) electrons. The zero-order valence-corrected chi connectivity index (χ0v) is 11.1. The van der Waals surface area contributed by atoms with Crippen molar-refractivity contribution in [3.63, 3.8) is 0 Å². The van der Waals surface area contributed by atoms with Crippen molar-refractivity contribution in [3.05, 3.63) is 29.8 Å². The van der Waals surface area contributed by atoms with Crippen LogP contribution in [-0.4, -0.2) is 37.4 Å². The molecule has 1 rings (SSSR count). The first kappa shape index (κ1) is 14.5. The van der Waals surface area contributed by atoms with Crippen LogP contribution in [0, 0.1) is 6.92 Å². The number of aliphatic hydroxyl groups is 1. The maximum Gasteiger partial charge on any atom is 0.307 e. The second-order valence-electron chi connectivity index (χ2n) is 4.10. The van der Waals surface area contributed by atoms with Crippen LogP contribution in [0.25, 0.3) is 0 Å². The van der Waals surface area contributed by atoms with Crippen LogP contribution in [-0.2, 0) is 9.53 Å². The Morgan fingerprint density at radius 1 is 1.39 bits per heavy atom. The Morgan fingerprint density at radius 3 is 2.78 bits per heavy atom. The van der Waals surface area contributed by atoms with E-state index in [1.807, 2.05) is 36.1 Å². The van der Waals surface area contributed by atoms with Gasteiger partial charge in [-0.2, -0.15) is 0 Å². The minimum absolute atomic E-state index is 0.0662. The monoisotopic (exact) mass is 251 g/mol. The Morgan fingerprint density at radius 2 is 2.17 bits per heavy atom. The Balaban J connectivity index is 2.62. The van der Waals surface area contributed by atoms with E-state index in [0.717, 1.165) is 11.3 Å². The molecule has 0 spiro atoms. The molecule has 4 heteroatoms. The highest BCUT2D eigenvalue weighted by Gasteiger charge is 2.09. The molecule has 0 aliphatic carbocycles. The number of carbonyl (C=O) groups is 1. The summed E-state index contributed by atoms with van der Waals surface area (Å²) in [5.74, 6) is -0.201. The summed E-state index contributed by atoms with van der Waals surface area (Å²) in [6.45, 7) is 5.36. The van der Waals surface area contributed by atoms with Crippen molar-refractivity contribution in [2.24, 2.45) is 0 Å². The fourth-order valence-corrected chi connectivity index (χ4v) is 1.77. The SMILES string of the molecule is CCOC(=O)CCN(CCO)c1cccc(C)c1. The number of benzene rings is 1. The number of aryl methyl sites for hydroxylation is 1. The maximum absolute atomic E-state index is 11.3. The first-order chi connectivity index (χ1) is 8.67. The van der Waals surface area contributed by atoms with Crippen LogP contribution < -0.4 is 4.90 Å². The lowest BCUT2D eigenvalue weighted by Crippen LogP contribution is -2.29. The highest BCUT2D eigenvalue weighted by atomic mass is 16.5. The Hall–Kier alpha value is -1.55. The molecule has 4 nitrogen and oxygen atoms in total. The van der Waals surface area contributed by atoms with Crippen LogP contribution >= 0.6 is 0 Å². The molecule has 0 unspecified atom stereocenters. The normalized spacial score (nSPS) is 10.2. The van der Waals surface area contributed by atoms with Gasteiger partial charge in [0.25, 0.3) is 0 Å². The molecular formula is C14H21NO3. The number of carbonyl (C=O) groups excluding carboxylic acids is 1. The van der Waals surface area contributed by atoms with E-state index in [0.29, 0.717) is 26.1 Å². The lowest BCUT2D eigenvalue weighted by molar-refractivity contribution is -0.142. The number of nitrogens with zero attached hydrogens (tertiary/aromatic N) is 1. The van der Waals surface area contributed by atoms with E-state index in [1.54, 1.807) is 6.92 Å². The molecule has 0 aliphatic heterocycles. The number of aliphatic hydroxyl groups excluding tert-OH is 1. The molecule has 0 saturated carbocycles. The van der Waals surface area contributed by atoms with Crippen molar-refractivity contribution in [1.82, 2.24) is 0 Å². The molecule has 0 aromatic heterocycles. The van der Waals surface area contributed by atoms with Crippen molar-refractivity contribution in [3.8, 4) is 0 Å². The van der Waals surface area contributed by atoms with Crippen molar-refractivity contribution in [2.45, 2.75) is 20.3 Å². The molecular weight excluding hydrogens is 230 g/mol. The summed E-state index contributed by atoms with van der Waals surface area (Å²) in [5.41, 5.74) is 2.18. The summed E-state index contributed by atoms with van der Waals surface area (Å²) in [7, 11) is 0. The average molecular weight is 251 g/mol. The number of rotatable bonds is 7. The van der Waals surface area contributed by atoms with Crippen LogP contribution in [0.15, 0.2) is 24.3 Å². The van der Waals surface area contributed by atoms with Gasteiger partial charge in [0, 0.05) is 18.8 Å². The minimum atomic E-state index is -0.201. The van der Waals surface area contributed by atoms with E-state index in [9.17, 15) is 4.79 Å². The number of ether oxygens (including phenoxy) is 1. The molecule has 100 valence electrons. The largest absolute Gasteiger partial charge is 0.466 e. The summed E-state index contributed by atoms with van der Waals surface area (Å²) in [4.78, 5) is 13.3. The number of hydrogen-bond donors (Lipinski definition) is 1. The Labute approximate surface area is 108 Å². The summed E-state index contributed by atoms with van der Waals surface area (Å²) in [6.07, 6.45) is 0.335.